The first-order chi connectivity index (χ1) is 8.71. The van der Waals surface area contributed by atoms with E-state index in [9.17, 15) is 4.79 Å². The summed E-state index contributed by atoms with van der Waals surface area (Å²) in [5, 5.41) is 0. The Morgan fingerprint density at radius 2 is 2.00 bits per heavy atom. The minimum atomic E-state index is -0.00481. The molecule has 0 aromatic rings. The number of aldehydes is 1. The van der Waals surface area contributed by atoms with Crippen molar-refractivity contribution in [2.24, 2.45) is 17.3 Å². The van der Waals surface area contributed by atoms with Gasteiger partial charge in [-0.2, -0.15) is 0 Å². The van der Waals surface area contributed by atoms with Crippen LogP contribution >= 0.6 is 0 Å². The van der Waals surface area contributed by atoms with Crippen LogP contribution in [0.3, 0.4) is 0 Å². The Morgan fingerprint density at radius 3 is 2.56 bits per heavy atom. The molecule has 0 bridgehead atoms. The molecule has 0 N–H and O–H groups in total. The van der Waals surface area contributed by atoms with E-state index in [0.717, 1.165) is 37.3 Å². The van der Waals surface area contributed by atoms with Gasteiger partial charge in [-0.05, 0) is 50.4 Å². The molecule has 3 aliphatic carbocycles. The number of hydrogen-bond acceptors (Lipinski definition) is 2. The van der Waals surface area contributed by atoms with Gasteiger partial charge in [0.05, 0.1) is 0 Å². The summed E-state index contributed by atoms with van der Waals surface area (Å²) in [6.07, 6.45) is 11.7. The fourth-order valence-electron chi connectivity index (χ4n) is 3.81. The van der Waals surface area contributed by atoms with Crippen LogP contribution in [0, 0.1) is 17.3 Å². The number of hydrogen-bond donors (Lipinski definition) is 0. The molecule has 2 nitrogen and oxygen atoms in total. The van der Waals surface area contributed by atoms with Crippen LogP contribution in [0.1, 0.15) is 58.3 Å². The van der Waals surface area contributed by atoms with Crippen LogP contribution in [-0.4, -0.2) is 30.3 Å². The third kappa shape index (κ3) is 2.96. The first-order valence-electron chi connectivity index (χ1n) is 7.91. The summed E-state index contributed by atoms with van der Waals surface area (Å²) in [6, 6.07) is 0.819. The van der Waals surface area contributed by atoms with Gasteiger partial charge in [-0.25, -0.2) is 0 Å². The van der Waals surface area contributed by atoms with E-state index in [-0.39, 0.29) is 5.41 Å². The lowest BCUT2D eigenvalue weighted by atomic mass is 9.70. The van der Waals surface area contributed by atoms with Gasteiger partial charge in [0.2, 0.25) is 0 Å². The Hall–Kier alpha value is -0.370. The second-order valence-electron chi connectivity index (χ2n) is 7.29. The Labute approximate surface area is 111 Å². The van der Waals surface area contributed by atoms with Crippen molar-refractivity contribution in [2.75, 3.05) is 13.1 Å². The van der Waals surface area contributed by atoms with E-state index in [1.807, 2.05) is 0 Å². The molecule has 0 heterocycles. The van der Waals surface area contributed by atoms with Crippen LogP contribution in [0.25, 0.3) is 0 Å². The third-order valence-electron chi connectivity index (χ3n) is 5.15. The smallest absolute Gasteiger partial charge is 0.127 e. The lowest BCUT2D eigenvalue weighted by Gasteiger charge is -2.39. The highest BCUT2D eigenvalue weighted by Crippen LogP contribution is 2.42. The first-order valence-corrected chi connectivity index (χ1v) is 7.91. The Morgan fingerprint density at radius 1 is 1.22 bits per heavy atom. The van der Waals surface area contributed by atoms with E-state index >= 15 is 0 Å². The van der Waals surface area contributed by atoms with Gasteiger partial charge in [0.1, 0.15) is 6.29 Å². The van der Waals surface area contributed by atoms with Crippen LogP contribution in [0.4, 0.5) is 0 Å². The third-order valence-corrected chi connectivity index (χ3v) is 5.15. The van der Waals surface area contributed by atoms with E-state index in [2.05, 4.69) is 11.8 Å². The van der Waals surface area contributed by atoms with Crippen LogP contribution in [0.15, 0.2) is 0 Å². The highest BCUT2D eigenvalue weighted by atomic mass is 16.1. The van der Waals surface area contributed by atoms with Crippen molar-refractivity contribution in [1.82, 2.24) is 4.90 Å². The Kier molecular flexibility index (Phi) is 3.48. The maximum atomic E-state index is 11.7. The van der Waals surface area contributed by atoms with E-state index in [4.69, 9.17) is 0 Å². The van der Waals surface area contributed by atoms with E-state index in [1.54, 1.807) is 0 Å². The average molecular weight is 249 g/mol. The van der Waals surface area contributed by atoms with E-state index in [1.165, 1.54) is 51.4 Å². The monoisotopic (exact) mass is 249 g/mol. The normalized spacial score (nSPS) is 36.9. The largest absolute Gasteiger partial charge is 0.303 e. The van der Waals surface area contributed by atoms with Gasteiger partial charge in [0.25, 0.3) is 0 Å². The average Bonchev–Trinajstić information content (AvgIpc) is 3.21. The van der Waals surface area contributed by atoms with E-state index < -0.39 is 0 Å². The van der Waals surface area contributed by atoms with Crippen molar-refractivity contribution in [1.29, 1.82) is 0 Å². The fourth-order valence-corrected chi connectivity index (χ4v) is 3.81. The molecule has 0 radical (unpaired) electrons. The molecule has 0 aromatic carbocycles. The van der Waals surface area contributed by atoms with Crippen molar-refractivity contribution >= 4 is 6.29 Å². The molecule has 0 aromatic heterocycles. The topological polar surface area (TPSA) is 20.3 Å². The van der Waals surface area contributed by atoms with Crippen molar-refractivity contribution in [3.8, 4) is 0 Å². The second kappa shape index (κ2) is 4.96. The molecular weight excluding hydrogens is 222 g/mol. The van der Waals surface area contributed by atoms with Gasteiger partial charge in [-0.3, -0.25) is 4.90 Å². The molecule has 0 amide bonds. The van der Waals surface area contributed by atoms with Crippen LogP contribution in [0.5, 0.6) is 0 Å². The predicted molar refractivity (Wildman–Crippen MR) is 73.4 cm³/mol. The number of rotatable bonds is 6. The highest BCUT2D eigenvalue weighted by Gasteiger charge is 2.41. The molecule has 102 valence electrons. The summed E-state index contributed by atoms with van der Waals surface area (Å²) >= 11 is 0. The van der Waals surface area contributed by atoms with Crippen LogP contribution in [-0.2, 0) is 4.79 Å². The number of carbonyl (C=O) groups excluding carboxylic acids is 1. The number of nitrogens with zero attached hydrogens (tertiary/aromatic N) is 1. The maximum absolute atomic E-state index is 11.7. The van der Waals surface area contributed by atoms with Gasteiger partial charge in [-0.15, -0.1) is 0 Å². The summed E-state index contributed by atoms with van der Waals surface area (Å²) in [4.78, 5) is 14.4. The van der Waals surface area contributed by atoms with Gasteiger partial charge < -0.3 is 4.79 Å². The summed E-state index contributed by atoms with van der Waals surface area (Å²) in [5.41, 5.74) is -0.00481. The molecular formula is C16H27NO. The Balaban J connectivity index is 1.64. The van der Waals surface area contributed by atoms with Crippen LogP contribution < -0.4 is 0 Å². The second-order valence-corrected chi connectivity index (χ2v) is 7.29. The summed E-state index contributed by atoms with van der Waals surface area (Å²) in [5.74, 6) is 1.70. The molecule has 3 aliphatic rings. The van der Waals surface area contributed by atoms with Gasteiger partial charge in [0, 0.05) is 24.5 Å². The summed E-state index contributed by atoms with van der Waals surface area (Å²) in [7, 11) is 0. The Bertz CT molecular complexity index is 308. The molecule has 2 unspecified atom stereocenters. The molecule has 18 heavy (non-hydrogen) atoms. The standard InChI is InChI=1S/C16H27NO/c1-13-3-2-8-16(9-13,12-18)11-17(15-6-7-15)10-14-4-5-14/h12-15H,2-11H2,1H3. The zero-order valence-electron chi connectivity index (χ0n) is 11.7. The SMILES string of the molecule is CC1CCCC(C=O)(CN(CC2CC2)C2CC2)C1. The highest BCUT2D eigenvalue weighted by molar-refractivity contribution is 5.60. The van der Waals surface area contributed by atoms with Gasteiger partial charge >= 0.3 is 0 Å². The maximum Gasteiger partial charge on any atom is 0.127 e. The molecule has 3 rings (SSSR count). The zero-order valence-corrected chi connectivity index (χ0v) is 11.7. The summed E-state index contributed by atoms with van der Waals surface area (Å²) in [6.45, 7) is 4.65. The molecule has 3 fully saturated rings. The van der Waals surface area contributed by atoms with E-state index in [0.29, 0.717) is 0 Å². The minimum absolute atomic E-state index is 0.00481. The fraction of sp³-hybridized carbons (Fsp3) is 0.938. The first kappa shape index (κ1) is 12.7. The minimum Gasteiger partial charge on any atom is -0.303 e. The van der Waals surface area contributed by atoms with Crippen molar-refractivity contribution in [2.45, 2.75) is 64.3 Å². The number of carbonyl (C=O) groups is 1. The van der Waals surface area contributed by atoms with Crippen molar-refractivity contribution in [3.63, 3.8) is 0 Å². The molecule has 0 saturated heterocycles. The summed E-state index contributed by atoms with van der Waals surface area (Å²) < 4.78 is 0. The van der Waals surface area contributed by atoms with Gasteiger partial charge in [0.15, 0.2) is 0 Å². The van der Waals surface area contributed by atoms with Crippen LogP contribution in [0.2, 0.25) is 0 Å². The van der Waals surface area contributed by atoms with Crippen molar-refractivity contribution < 1.29 is 4.79 Å². The predicted octanol–water partition coefficient (Wildman–Crippen LogP) is 3.26. The quantitative estimate of drug-likeness (QED) is 0.673. The zero-order chi connectivity index (χ0) is 12.6. The lowest BCUT2D eigenvalue weighted by Crippen LogP contribution is -2.43. The lowest BCUT2D eigenvalue weighted by molar-refractivity contribution is -0.120. The van der Waals surface area contributed by atoms with Gasteiger partial charge in [-0.1, -0.05) is 19.8 Å². The molecule has 3 saturated carbocycles. The molecule has 0 aliphatic heterocycles. The van der Waals surface area contributed by atoms with Crippen molar-refractivity contribution in [3.05, 3.63) is 0 Å². The molecule has 2 atom stereocenters. The molecule has 2 heteroatoms. The molecule has 0 spiro atoms.